The summed E-state index contributed by atoms with van der Waals surface area (Å²) in [6, 6.07) is 9.15. The lowest BCUT2D eigenvalue weighted by Crippen LogP contribution is -2.20. The third-order valence-electron chi connectivity index (χ3n) is 3.42. The van der Waals surface area contributed by atoms with Crippen molar-refractivity contribution in [1.82, 2.24) is 0 Å². The van der Waals surface area contributed by atoms with Crippen LogP contribution in [0.3, 0.4) is 0 Å². The second kappa shape index (κ2) is 7.61. The van der Waals surface area contributed by atoms with Gasteiger partial charge in [0.15, 0.2) is 0 Å². The number of anilines is 2. The van der Waals surface area contributed by atoms with Gasteiger partial charge in [-0.05, 0) is 35.9 Å². The molecule has 0 heterocycles. The SMILES string of the molecule is CN(C)c1ccc(S(N)(=O)=O)cc1NC(=O)Cc1ccc(Cl)cc1Cl. The Hall–Kier alpha value is -1.80. The number of nitrogens with two attached hydrogens (primary N) is 1. The molecule has 25 heavy (non-hydrogen) atoms. The molecular formula is C16H17Cl2N3O3S. The Kier molecular flexibility index (Phi) is 5.95. The molecule has 2 rings (SSSR count). The van der Waals surface area contributed by atoms with Crippen molar-refractivity contribution in [3.8, 4) is 0 Å². The van der Waals surface area contributed by atoms with Gasteiger partial charge in [-0.2, -0.15) is 0 Å². The molecule has 2 aromatic rings. The largest absolute Gasteiger partial charge is 0.376 e. The predicted octanol–water partition coefficient (Wildman–Crippen LogP) is 2.89. The fourth-order valence-electron chi connectivity index (χ4n) is 2.21. The summed E-state index contributed by atoms with van der Waals surface area (Å²) in [5.41, 5.74) is 1.59. The summed E-state index contributed by atoms with van der Waals surface area (Å²) in [4.78, 5) is 14.0. The molecule has 6 nitrogen and oxygen atoms in total. The first-order chi connectivity index (χ1) is 11.6. The number of rotatable bonds is 5. The number of halogens is 2. The minimum atomic E-state index is -3.88. The molecule has 0 unspecified atom stereocenters. The van der Waals surface area contributed by atoms with Crippen molar-refractivity contribution in [2.24, 2.45) is 5.14 Å². The van der Waals surface area contributed by atoms with Gasteiger partial charge < -0.3 is 10.2 Å². The number of primary sulfonamides is 1. The van der Waals surface area contributed by atoms with Crippen LogP contribution in [-0.4, -0.2) is 28.4 Å². The molecule has 0 radical (unpaired) electrons. The molecule has 3 N–H and O–H groups in total. The lowest BCUT2D eigenvalue weighted by atomic mass is 10.1. The number of amides is 1. The molecule has 9 heteroatoms. The zero-order valence-electron chi connectivity index (χ0n) is 13.6. The minimum absolute atomic E-state index is 0.0163. The van der Waals surface area contributed by atoms with Gasteiger partial charge >= 0.3 is 0 Å². The molecule has 134 valence electrons. The molecule has 0 aliphatic carbocycles. The summed E-state index contributed by atoms with van der Waals surface area (Å²) in [6.45, 7) is 0. The van der Waals surface area contributed by atoms with Crippen molar-refractivity contribution in [3.63, 3.8) is 0 Å². The van der Waals surface area contributed by atoms with Gasteiger partial charge in [0.05, 0.1) is 22.7 Å². The highest BCUT2D eigenvalue weighted by Gasteiger charge is 2.15. The normalized spacial score (nSPS) is 11.2. The zero-order chi connectivity index (χ0) is 18.8. The smallest absolute Gasteiger partial charge is 0.238 e. The molecule has 0 saturated heterocycles. The molecule has 0 aromatic heterocycles. The van der Waals surface area contributed by atoms with Crippen LogP contribution >= 0.6 is 23.2 Å². The molecule has 2 aromatic carbocycles. The van der Waals surface area contributed by atoms with E-state index in [-0.39, 0.29) is 17.2 Å². The first kappa shape index (κ1) is 19.5. The summed E-state index contributed by atoms with van der Waals surface area (Å²) < 4.78 is 23.1. The monoisotopic (exact) mass is 401 g/mol. The van der Waals surface area contributed by atoms with Crippen LogP contribution < -0.4 is 15.4 Å². The lowest BCUT2D eigenvalue weighted by molar-refractivity contribution is -0.115. The van der Waals surface area contributed by atoms with E-state index in [2.05, 4.69) is 5.32 Å². The maximum atomic E-state index is 12.4. The fourth-order valence-corrected chi connectivity index (χ4v) is 3.23. The average molecular weight is 402 g/mol. The van der Waals surface area contributed by atoms with Crippen LogP contribution in [0.1, 0.15) is 5.56 Å². The maximum Gasteiger partial charge on any atom is 0.238 e. The third kappa shape index (κ3) is 5.09. The quantitative estimate of drug-likeness (QED) is 0.805. The van der Waals surface area contributed by atoms with E-state index in [1.165, 1.54) is 12.1 Å². The first-order valence-electron chi connectivity index (χ1n) is 7.16. The molecule has 0 spiro atoms. The zero-order valence-corrected chi connectivity index (χ0v) is 15.9. The van der Waals surface area contributed by atoms with Gasteiger partial charge in [-0.15, -0.1) is 0 Å². The Morgan fingerprint density at radius 3 is 2.40 bits per heavy atom. The highest BCUT2D eigenvalue weighted by atomic mass is 35.5. The van der Waals surface area contributed by atoms with E-state index >= 15 is 0 Å². The van der Waals surface area contributed by atoms with Crippen molar-refractivity contribution < 1.29 is 13.2 Å². The van der Waals surface area contributed by atoms with Crippen LogP contribution in [0.5, 0.6) is 0 Å². The molecule has 0 atom stereocenters. The number of benzene rings is 2. The van der Waals surface area contributed by atoms with E-state index in [0.717, 1.165) is 0 Å². The molecular weight excluding hydrogens is 385 g/mol. The molecule has 0 saturated carbocycles. The van der Waals surface area contributed by atoms with Crippen LogP contribution in [0.4, 0.5) is 11.4 Å². The van der Waals surface area contributed by atoms with Crippen molar-refractivity contribution in [2.75, 3.05) is 24.3 Å². The molecule has 0 aliphatic heterocycles. The number of carbonyl (C=O) groups excluding carboxylic acids is 1. The Morgan fingerprint density at radius 2 is 1.84 bits per heavy atom. The third-order valence-corrected chi connectivity index (χ3v) is 4.92. The number of carbonyl (C=O) groups is 1. The van der Waals surface area contributed by atoms with E-state index in [1.807, 2.05) is 0 Å². The highest BCUT2D eigenvalue weighted by molar-refractivity contribution is 7.89. The Balaban J connectivity index is 2.29. The van der Waals surface area contributed by atoms with Crippen LogP contribution in [0.2, 0.25) is 10.0 Å². The number of nitrogens with one attached hydrogen (secondary N) is 1. The fraction of sp³-hybridized carbons (Fsp3) is 0.188. The summed E-state index contributed by atoms with van der Waals surface area (Å²) in [7, 11) is -0.329. The van der Waals surface area contributed by atoms with Gasteiger partial charge in [0.25, 0.3) is 0 Å². The molecule has 0 aliphatic rings. The standard InChI is InChI=1S/C16H17Cl2N3O3S/c1-21(2)15-6-5-12(25(19,23)24)9-14(15)20-16(22)7-10-3-4-11(17)8-13(10)18/h3-6,8-9H,7H2,1-2H3,(H,20,22)(H2,19,23,24). The van der Waals surface area contributed by atoms with Crippen LogP contribution in [0.15, 0.2) is 41.3 Å². The highest BCUT2D eigenvalue weighted by Crippen LogP contribution is 2.28. The minimum Gasteiger partial charge on any atom is -0.376 e. The van der Waals surface area contributed by atoms with Crippen molar-refractivity contribution in [2.45, 2.75) is 11.3 Å². The van der Waals surface area contributed by atoms with Crippen molar-refractivity contribution in [3.05, 3.63) is 52.0 Å². The maximum absolute atomic E-state index is 12.4. The van der Waals surface area contributed by atoms with E-state index in [9.17, 15) is 13.2 Å². The van der Waals surface area contributed by atoms with E-state index in [1.54, 1.807) is 43.3 Å². The predicted molar refractivity (Wildman–Crippen MR) is 101 cm³/mol. The van der Waals surface area contributed by atoms with Gasteiger partial charge in [-0.3, -0.25) is 4.79 Å². The van der Waals surface area contributed by atoms with E-state index < -0.39 is 10.0 Å². The summed E-state index contributed by atoms with van der Waals surface area (Å²) >= 11 is 11.9. The van der Waals surface area contributed by atoms with Crippen LogP contribution in [0.25, 0.3) is 0 Å². The first-order valence-corrected chi connectivity index (χ1v) is 9.46. The van der Waals surface area contributed by atoms with Gasteiger partial charge in [-0.25, -0.2) is 13.6 Å². The number of nitrogens with zero attached hydrogens (tertiary/aromatic N) is 1. The Morgan fingerprint density at radius 1 is 1.16 bits per heavy atom. The van der Waals surface area contributed by atoms with Gasteiger partial charge in [0.2, 0.25) is 15.9 Å². The number of hydrogen-bond donors (Lipinski definition) is 2. The van der Waals surface area contributed by atoms with Crippen LogP contribution in [0, 0.1) is 0 Å². The van der Waals surface area contributed by atoms with Crippen molar-refractivity contribution in [1.29, 1.82) is 0 Å². The Bertz CT molecular complexity index is 915. The Labute approximate surface area is 156 Å². The van der Waals surface area contributed by atoms with Gasteiger partial charge in [0.1, 0.15) is 0 Å². The number of hydrogen-bond acceptors (Lipinski definition) is 4. The lowest BCUT2D eigenvalue weighted by Gasteiger charge is -2.19. The average Bonchev–Trinajstić information content (AvgIpc) is 2.49. The molecule has 0 bridgehead atoms. The number of sulfonamides is 1. The summed E-state index contributed by atoms with van der Waals surface area (Å²) in [6.07, 6.45) is 0.0163. The van der Waals surface area contributed by atoms with Crippen LogP contribution in [-0.2, 0) is 21.2 Å². The molecule has 0 fully saturated rings. The van der Waals surface area contributed by atoms with Gasteiger partial charge in [-0.1, -0.05) is 29.3 Å². The van der Waals surface area contributed by atoms with Crippen molar-refractivity contribution >= 4 is 50.5 Å². The van der Waals surface area contributed by atoms with E-state index in [0.29, 0.717) is 27.0 Å². The summed E-state index contributed by atoms with van der Waals surface area (Å²) in [5, 5.41) is 8.72. The van der Waals surface area contributed by atoms with E-state index in [4.69, 9.17) is 28.3 Å². The molecule has 1 amide bonds. The topological polar surface area (TPSA) is 92.5 Å². The second-order valence-corrected chi connectivity index (χ2v) is 7.98. The van der Waals surface area contributed by atoms with Gasteiger partial charge in [0, 0.05) is 24.1 Å². The summed E-state index contributed by atoms with van der Waals surface area (Å²) in [5.74, 6) is -0.348. The second-order valence-electron chi connectivity index (χ2n) is 5.58.